The normalized spacial score (nSPS) is 17.2. The van der Waals surface area contributed by atoms with Crippen molar-refractivity contribution in [3.05, 3.63) is 59.7 Å². The molecule has 0 aliphatic carbocycles. The molecular weight excluding hydrogens is 354 g/mol. The molecular formula is C20H21FN2O4. The van der Waals surface area contributed by atoms with Crippen LogP contribution in [0.1, 0.15) is 11.1 Å². The number of halogens is 1. The predicted molar refractivity (Wildman–Crippen MR) is 97.2 cm³/mol. The molecule has 0 aromatic heterocycles. The van der Waals surface area contributed by atoms with Crippen LogP contribution in [0.5, 0.6) is 11.5 Å². The summed E-state index contributed by atoms with van der Waals surface area (Å²) in [6.45, 7) is -0.0142. The van der Waals surface area contributed by atoms with Crippen LogP contribution in [0.4, 0.5) is 9.18 Å². The Hall–Kier alpha value is -3.09. The van der Waals surface area contributed by atoms with Gasteiger partial charge in [-0.3, -0.25) is 9.69 Å². The van der Waals surface area contributed by atoms with Crippen molar-refractivity contribution >= 4 is 11.9 Å². The summed E-state index contributed by atoms with van der Waals surface area (Å²) >= 11 is 0. The molecule has 142 valence electrons. The third kappa shape index (κ3) is 4.19. The molecule has 1 saturated heterocycles. The second-order valence-electron chi connectivity index (χ2n) is 6.25. The highest BCUT2D eigenvalue weighted by Gasteiger charge is 2.39. The van der Waals surface area contributed by atoms with E-state index in [1.807, 2.05) is 12.1 Å². The van der Waals surface area contributed by atoms with Crippen LogP contribution in [-0.2, 0) is 17.9 Å². The molecule has 1 aliphatic rings. The Morgan fingerprint density at radius 2 is 1.37 bits per heavy atom. The summed E-state index contributed by atoms with van der Waals surface area (Å²) in [4.78, 5) is 27.3. The van der Waals surface area contributed by atoms with Crippen LogP contribution in [0.15, 0.2) is 48.5 Å². The van der Waals surface area contributed by atoms with E-state index in [0.717, 1.165) is 16.0 Å². The Bertz CT molecular complexity index is 808. The molecule has 0 saturated carbocycles. The van der Waals surface area contributed by atoms with Gasteiger partial charge in [0.25, 0.3) is 5.91 Å². The van der Waals surface area contributed by atoms with Crippen LogP contribution in [0.25, 0.3) is 0 Å². The van der Waals surface area contributed by atoms with E-state index in [1.165, 1.54) is 4.90 Å². The van der Waals surface area contributed by atoms with Gasteiger partial charge in [-0.15, -0.1) is 0 Å². The summed E-state index contributed by atoms with van der Waals surface area (Å²) in [5.41, 5.74) is 1.55. The van der Waals surface area contributed by atoms with Gasteiger partial charge < -0.3 is 14.4 Å². The highest BCUT2D eigenvalue weighted by Crippen LogP contribution is 2.21. The number of rotatable bonds is 6. The average molecular weight is 375 g/mol. The van der Waals surface area contributed by atoms with E-state index >= 15 is 0 Å². The molecule has 2 aromatic carbocycles. The Labute approximate surface area is 157 Å². The van der Waals surface area contributed by atoms with E-state index in [2.05, 4.69) is 0 Å². The number of urea groups is 1. The number of carbonyl (C=O) groups excluding carboxylic acids is 2. The molecule has 2 aromatic rings. The first kappa shape index (κ1) is 18.7. The van der Waals surface area contributed by atoms with Gasteiger partial charge >= 0.3 is 6.03 Å². The molecule has 1 atom stereocenters. The molecule has 0 radical (unpaired) electrons. The van der Waals surface area contributed by atoms with Crippen molar-refractivity contribution in [2.24, 2.45) is 0 Å². The molecule has 1 unspecified atom stereocenters. The fourth-order valence-electron chi connectivity index (χ4n) is 2.93. The highest BCUT2D eigenvalue weighted by molar-refractivity contribution is 5.99. The van der Waals surface area contributed by atoms with Crippen LogP contribution >= 0.6 is 0 Å². The molecule has 0 N–H and O–H groups in total. The molecule has 1 fully saturated rings. The first-order valence-corrected chi connectivity index (χ1v) is 8.52. The number of nitrogens with zero attached hydrogens (tertiary/aromatic N) is 2. The van der Waals surface area contributed by atoms with Gasteiger partial charge in [0, 0.05) is 6.54 Å². The highest BCUT2D eigenvalue weighted by atomic mass is 19.1. The van der Waals surface area contributed by atoms with E-state index in [1.54, 1.807) is 50.6 Å². The second-order valence-corrected chi connectivity index (χ2v) is 6.25. The monoisotopic (exact) mass is 375 g/mol. The lowest BCUT2D eigenvalue weighted by atomic mass is 10.2. The number of alkyl halides is 1. The Kier molecular flexibility index (Phi) is 5.59. The molecule has 7 heteroatoms. The number of ether oxygens (including phenoxy) is 2. The van der Waals surface area contributed by atoms with Gasteiger partial charge in [-0.1, -0.05) is 24.3 Å². The number of hydrogen-bond donors (Lipinski definition) is 0. The molecule has 1 heterocycles. The zero-order chi connectivity index (χ0) is 19.4. The van der Waals surface area contributed by atoms with Crippen molar-refractivity contribution in [3.8, 4) is 11.5 Å². The summed E-state index contributed by atoms with van der Waals surface area (Å²) in [5.74, 6) is 0.560. The molecule has 0 bridgehead atoms. The third-order valence-electron chi connectivity index (χ3n) is 4.45. The van der Waals surface area contributed by atoms with E-state index < -0.39 is 18.1 Å². The second kappa shape index (κ2) is 8.07. The third-order valence-corrected chi connectivity index (χ3v) is 4.45. The van der Waals surface area contributed by atoms with Gasteiger partial charge in [-0.05, 0) is 35.4 Å². The van der Waals surface area contributed by atoms with Crippen molar-refractivity contribution in [1.82, 2.24) is 9.80 Å². The maximum Gasteiger partial charge on any atom is 0.327 e. The molecule has 3 rings (SSSR count). The van der Waals surface area contributed by atoms with Crippen LogP contribution < -0.4 is 9.47 Å². The number of hydrogen-bond acceptors (Lipinski definition) is 4. The summed E-state index contributed by atoms with van der Waals surface area (Å²) in [6, 6.07) is 13.6. The Balaban J connectivity index is 1.74. The van der Waals surface area contributed by atoms with Crippen LogP contribution in [0.2, 0.25) is 0 Å². The van der Waals surface area contributed by atoms with Crippen LogP contribution in [-0.4, -0.2) is 48.7 Å². The maximum absolute atomic E-state index is 14.3. The number of imide groups is 1. The van der Waals surface area contributed by atoms with Crippen molar-refractivity contribution in [2.75, 3.05) is 20.8 Å². The number of methoxy groups -OCH3 is 2. The summed E-state index contributed by atoms with van der Waals surface area (Å²) in [7, 11) is 3.12. The molecule has 6 nitrogen and oxygen atoms in total. The van der Waals surface area contributed by atoms with Crippen molar-refractivity contribution in [2.45, 2.75) is 19.3 Å². The maximum atomic E-state index is 14.3. The fourth-order valence-corrected chi connectivity index (χ4v) is 2.93. The lowest BCUT2D eigenvalue weighted by molar-refractivity contribution is -0.138. The van der Waals surface area contributed by atoms with E-state index in [-0.39, 0.29) is 19.6 Å². The van der Waals surface area contributed by atoms with Gasteiger partial charge in [-0.25, -0.2) is 9.18 Å². The van der Waals surface area contributed by atoms with Gasteiger partial charge in [0.15, 0.2) is 6.17 Å². The number of carbonyl (C=O) groups is 2. The van der Waals surface area contributed by atoms with Gasteiger partial charge in [-0.2, -0.15) is 0 Å². The van der Waals surface area contributed by atoms with Crippen molar-refractivity contribution < 1.29 is 23.5 Å². The standard InChI is InChI=1S/C20H21FN2O4/c1-26-16-7-3-14(4-8-16)11-22-13-18(21)19(24)23(20(22)25)12-15-5-9-17(27-2)10-6-15/h3-10,18H,11-13H2,1-2H3/i20+1,22+1,23+1. The summed E-state index contributed by atoms with van der Waals surface area (Å²) < 4.78 is 24.5. The topological polar surface area (TPSA) is 59.1 Å². The quantitative estimate of drug-likeness (QED) is 0.575. The molecule has 0 spiro atoms. The van der Waals surface area contributed by atoms with E-state index in [4.69, 9.17) is 9.47 Å². The summed E-state index contributed by atoms with van der Waals surface area (Å²) in [6.07, 6.45) is -1.74. The summed E-state index contributed by atoms with van der Waals surface area (Å²) in [5, 5.41) is 0. The minimum absolute atomic E-state index is 0.0151. The first-order valence-electron chi connectivity index (χ1n) is 8.52. The van der Waals surface area contributed by atoms with E-state index in [0.29, 0.717) is 11.5 Å². The van der Waals surface area contributed by atoms with Gasteiger partial charge in [0.2, 0.25) is 0 Å². The Morgan fingerprint density at radius 1 is 0.889 bits per heavy atom. The zero-order valence-electron chi connectivity index (χ0n) is 15.2. The van der Waals surface area contributed by atoms with Gasteiger partial charge in [0.05, 0.1) is 27.3 Å². The first-order chi connectivity index (χ1) is 13.0. The largest absolute Gasteiger partial charge is 0.497 e. The van der Waals surface area contributed by atoms with Gasteiger partial charge in [0.1, 0.15) is 11.5 Å². The van der Waals surface area contributed by atoms with Crippen LogP contribution in [0, 0.1) is 0 Å². The zero-order valence-corrected chi connectivity index (χ0v) is 15.2. The molecule has 3 amide bonds. The minimum Gasteiger partial charge on any atom is -0.497 e. The predicted octanol–water partition coefficient (Wildman–Crippen LogP) is 3.01. The number of benzene rings is 2. The smallest absolute Gasteiger partial charge is 0.327 e. The SMILES string of the molecule is COc1ccc(C[15N]2CC(F)C(=O)[15N](Cc3ccc(OC)cc3)[13C]2=O)cc1. The lowest BCUT2D eigenvalue weighted by Gasteiger charge is -2.36. The molecule has 1 aliphatic heterocycles. The van der Waals surface area contributed by atoms with Crippen molar-refractivity contribution in [1.29, 1.82) is 0 Å². The Morgan fingerprint density at radius 3 is 1.85 bits per heavy atom. The minimum atomic E-state index is -1.74. The lowest BCUT2D eigenvalue weighted by Crippen LogP contribution is -2.56. The molecule has 27 heavy (non-hydrogen) atoms. The van der Waals surface area contributed by atoms with Crippen LogP contribution in [0.3, 0.4) is 0 Å². The number of amides is 3. The van der Waals surface area contributed by atoms with Crippen molar-refractivity contribution in [3.63, 3.8) is 0 Å². The average Bonchev–Trinajstić information content (AvgIpc) is 2.70. The fraction of sp³-hybridized carbons (Fsp3) is 0.300. The van der Waals surface area contributed by atoms with E-state index in [9.17, 15) is 14.0 Å².